The second-order valence-corrected chi connectivity index (χ2v) is 10.7. The molecule has 2 aliphatic rings. The van der Waals surface area contributed by atoms with E-state index in [9.17, 15) is 29.7 Å². The van der Waals surface area contributed by atoms with Crippen LogP contribution in [0.5, 0.6) is 17.2 Å². The zero-order valence-corrected chi connectivity index (χ0v) is 22.9. The monoisotopic (exact) mass is 545 g/mol. The molecule has 1 aliphatic carbocycles. The van der Waals surface area contributed by atoms with Gasteiger partial charge in [-0.25, -0.2) is 4.98 Å². The topological polar surface area (TPSA) is 162 Å². The maximum Gasteiger partial charge on any atom is 0.194 e. The number of anilines is 1. The highest BCUT2D eigenvalue weighted by Crippen LogP contribution is 2.57. The molecular formula is C30H31N3O7. The number of ether oxygens (including phenoxy) is 1. The van der Waals surface area contributed by atoms with Gasteiger partial charge < -0.3 is 30.4 Å². The van der Waals surface area contributed by atoms with Crippen molar-refractivity contribution in [2.75, 3.05) is 5.32 Å². The van der Waals surface area contributed by atoms with E-state index in [2.05, 4.69) is 15.3 Å². The molecular weight excluding hydrogens is 514 g/mol. The van der Waals surface area contributed by atoms with Crippen molar-refractivity contribution < 1.29 is 34.4 Å². The molecule has 2 heterocycles. The lowest BCUT2D eigenvalue weighted by atomic mass is 9.70. The van der Waals surface area contributed by atoms with Crippen molar-refractivity contribution in [3.05, 3.63) is 63.8 Å². The van der Waals surface area contributed by atoms with Gasteiger partial charge in [-0.15, -0.1) is 0 Å². The third-order valence-corrected chi connectivity index (χ3v) is 7.66. The summed E-state index contributed by atoms with van der Waals surface area (Å²) in [7, 11) is 0. The predicted molar refractivity (Wildman–Crippen MR) is 148 cm³/mol. The number of aromatic hydroxyl groups is 2. The highest BCUT2D eigenvalue weighted by atomic mass is 16.5. The molecule has 0 bridgehead atoms. The van der Waals surface area contributed by atoms with E-state index >= 15 is 0 Å². The summed E-state index contributed by atoms with van der Waals surface area (Å²) in [6.45, 7) is 7.58. The Bertz CT molecular complexity index is 1680. The Morgan fingerprint density at radius 3 is 2.60 bits per heavy atom. The first kappa shape index (κ1) is 27.1. The average Bonchev–Trinajstić information content (AvgIpc) is 3.40. The number of aliphatic hydroxyl groups is 1. The minimum Gasteiger partial charge on any atom is -0.507 e. The van der Waals surface area contributed by atoms with E-state index in [4.69, 9.17) is 4.74 Å². The molecule has 10 heteroatoms. The van der Waals surface area contributed by atoms with Crippen molar-refractivity contribution in [1.82, 2.24) is 9.97 Å². The number of phenolic OH excluding ortho intramolecular Hbond substituents is 2. The number of carbonyl (C=O) groups is 3. The molecule has 3 aromatic rings. The van der Waals surface area contributed by atoms with Crippen LogP contribution in [0.1, 0.15) is 67.8 Å². The number of rotatable bonds is 7. The Hall–Kier alpha value is -4.44. The molecule has 5 N–H and O–H groups in total. The molecule has 5 rings (SSSR count). The summed E-state index contributed by atoms with van der Waals surface area (Å²) >= 11 is 0. The third-order valence-electron chi connectivity index (χ3n) is 7.66. The van der Waals surface area contributed by atoms with Crippen LogP contribution in [0.15, 0.2) is 41.3 Å². The molecule has 0 spiro atoms. The Balaban J connectivity index is 1.51. The highest BCUT2D eigenvalue weighted by molar-refractivity contribution is 6.31. The van der Waals surface area contributed by atoms with E-state index in [0.717, 1.165) is 23.3 Å². The number of phenols is 2. The second kappa shape index (κ2) is 9.63. The highest BCUT2D eigenvalue weighted by Gasteiger charge is 2.56. The van der Waals surface area contributed by atoms with Crippen LogP contribution in [0, 0.1) is 6.92 Å². The minimum absolute atomic E-state index is 0.0150. The van der Waals surface area contributed by atoms with Gasteiger partial charge in [0, 0.05) is 29.4 Å². The van der Waals surface area contributed by atoms with Gasteiger partial charge in [-0.2, -0.15) is 0 Å². The number of benzene rings is 2. The van der Waals surface area contributed by atoms with Gasteiger partial charge in [0.1, 0.15) is 39.8 Å². The van der Waals surface area contributed by atoms with Crippen molar-refractivity contribution in [2.45, 2.75) is 65.4 Å². The van der Waals surface area contributed by atoms with Gasteiger partial charge >= 0.3 is 0 Å². The first-order valence-electron chi connectivity index (χ1n) is 13.1. The van der Waals surface area contributed by atoms with Gasteiger partial charge in [-0.05, 0) is 65.7 Å². The van der Waals surface area contributed by atoms with Gasteiger partial charge in [-0.1, -0.05) is 0 Å². The van der Waals surface area contributed by atoms with E-state index in [1.807, 2.05) is 12.1 Å². The molecule has 1 aliphatic heterocycles. The number of aromatic nitrogens is 2. The van der Waals surface area contributed by atoms with Crippen LogP contribution >= 0.6 is 0 Å². The number of aliphatic hydroxyl groups excluding tert-OH is 1. The lowest BCUT2D eigenvalue weighted by molar-refractivity contribution is -0.123. The van der Waals surface area contributed by atoms with Gasteiger partial charge in [0.15, 0.2) is 17.3 Å². The van der Waals surface area contributed by atoms with Crippen LogP contribution in [-0.2, 0) is 21.4 Å². The Kier molecular flexibility index (Phi) is 6.54. The normalized spacial score (nSPS) is 20.1. The first-order valence-corrected chi connectivity index (χ1v) is 13.1. The maximum absolute atomic E-state index is 14.0. The van der Waals surface area contributed by atoms with Gasteiger partial charge in [0.25, 0.3) is 0 Å². The average molecular weight is 546 g/mol. The number of fused-ring (bicyclic) bond motifs is 4. The summed E-state index contributed by atoms with van der Waals surface area (Å²) in [6, 6.07) is 5.45. The summed E-state index contributed by atoms with van der Waals surface area (Å²) in [5.41, 5.74) is 0.718. The molecule has 10 nitrogen and oxygen atoms in total. The lowest BCUT2D eigenvalue weighted by Crippen LogP contribution is -2.40. The minimum atomic E-state index is -1.58. The van der Waals surface area contributed by atoms with Crippen LogP contribution < -0.4 is 10.1 Å². The first-order chi connectivity index (χ1) is 18.8. The fourth-order valence-electron chi connectivity index (χ4n) is 5.46. The SMILES string of the molecule is CC(=O)c1c(O)c(C)c(O)c2c1OC1=CC(=O)C(=C(C)Nc3ccc4nc(CCCC(C)O)[nH]c4c3)C(=O)[C@@]12C. The number of imidazole rings is 1. The van der Waals surface area contributed by atoms with Crippen molar-refractivity contribution in [1.29, 1.82) is 0 Å². The Morgan fingerprint density at radius 1 is 1.20 bits per heavy atom. The summed E-state index contributed by atoms with van der Waals surface area (Å²) in [5, 5.41) is 34.1. The second-order valence-electron chi connectivity index (χ2n) is 10.7. The van der Waals surface area contributed by atoms with Crippen LogP contribution in [-0.4, -0.2) is 48.7 Å². The third kappa shape index (κ3) is 4.15. The summed E-state index contributed by atoms with van der Waals surface area (Å²) in [4.78, 5) is 47.4. The number of aryl methyl sites for hydroxylation is 1. The predicted octanol–water partition coefficient (Wildman–Crippen LogP) is 4.26. The van der Waals surface area contributed by atoms with Gasteiger partial charge in [0.2, 0.25) is 0 Å². The molecule has 0 saturated carbocycles. The number of hydrogen-bond donors (Lipinski definition) is 5. The van der Waals surface area contributed by atoms with E-state index in [1.165, 1.54) is 26.8 Å². The fraction of sp³-hybridized carbons (Fsp3) is 0.333. The van der Waals surface area contributed by atoms with Gasteiger partial charge in [-0.3, -0.25) is 14.4 Å². The number of Topliss-reactive ketones (excluding diaryl/α,β-unsaturated/α-hetero) is 2. The van der Waals surface area contributed by atoms with Crippen molar-refractivity contribution in [3.63, 3.8) is 0 Å². The van der Waals surface area contributed by atoms with Crippen molar-refractivity contribution >= 4 is 34.1 Å². The Morgan fingerprint density at radius 2 is 1.93 bits per heavy atom. The molecule has 2 atom stereocenters. The standard InChI is InChI=1S/C30H31N3O7/c1-13(34)7-6-8-22-32-18-10-9-17(11-19(18)33-22)31-15(3)23-20(36)12-21-30(5,29(23)39)25-27(38)14(2)26(37)24(16(4)35)28(25)40-21/h9-13,31,34,37-38H,6-8H2,1-5H3,(H,32,33)/t13?,30-/m0/s1. The number of ketones is 3. The number of nitrogens with zero attached hydrogens (tertiary/aromatic N) is 1. The Labute approximate surface area is 230 Å². The smallest absolute Gasteiger partial charge is 0.194 e. The van der Waals surface area contributed by atoms with E-state index in [0.29, 0.717) is 24.2 Å². The van der Waals surface area contributed by atoms with Crippen LogP contribution in [0.4, 0.5) is 5.69 Å². The fourth-order valence-corrected chi connectivity index (χ4v) is 5.46. The number of carbonyl (C=O) groups excluding carboxylic acids is 3. The van der Waals surface area contributed by atoms with Crippen LogP contribution in [0.3, 0.4) is 0 Å². The zero-order chi connectivity index (χ0) is 29.1. The number of nitrogens with one attached hydrogen (secondary N) is 2. The number of allylic oxidation sites excluding steroid dienone is 4. The summed E-state index contributed by atoms with van der Waals surface area (Å²) in [5.74, 6) is -1.82. The molecule has 40 heavy (non-hydrogen) atoms. The van der Waals surface area contributed by atoms with E-state index in [1.54, 1.807) is 19.9 Å². The molecule has 0 fully saturated rings. The number of aromatic amines is 1. The quantitative estimate of drug-likeness (QED) is 0.166. The van der Waals surface area contributed by atoms with Crippen LogP contribution in [0.2, 0.25) is 0 Å². The van der Waals surface area contributed by atoms with E-state index in [-0.39, 0.29) is 45.6 Å². The molecule has 1 aromatic heterocycles. The van der Waals surface area contributed by atoms with Gasteiger partial charge in [0.05, 0.1) is 28.3 Å². The molecule has 0 amide bonds. The van der Waals surface area contributed by atoms with Crippen molar-refractivity contribution in [3.8, 4) is 17.2 Å². The lowest BCUT2D eigenvalue weighted by Gasteiger charge is -2.29. The molecule has 1 unspecified atom stereocenters. The van der Waals surface area contributed by atoms with Crippen LogP contribution in [0.25, 0.3) is 11.0 Å². The zero-order valence-electron chi connectivity index (χ0n) is 22.9. The molecule has 208 valence electrons. The maximum atomic E-state index is 14.0. The summed E-state index contributed by atoms with van der Waals surface area (Å²) < 4.78 is 5.81. The summed E-state index contributed by atoms with van der Waals surface area (Å²) in [6.07, 6.45) is 2.99. The molecule has 0 radical (unpaired) electrons. The van der Waals surface area contributed by atoms with E-state index < -0.39 is 28.5 Å². The number of hydrogen-bond acceptors (Lipinski definition) is 9. The number of H-pyrrole nitrogens is 1. The largest absolute Gasteiger partial charge is 0.507 e. The molecule has 0 saturated heterocycles. The van der Waals surface area contributed by atoms with Crippen molar-refractivity contribution in [2.24, 2.45) is 0 Å². The molecule has 2 aromatic carbocycles.